The smallest absolute Gasteiger partial charge is 0.182 e. The monoisotopic (exact) mass is 283 g/mol. The van der Waals surface area contributed by atoms with Gasteiger partial charge in [0.25, 0.3) is 0 Å². The van der Waals surface area contributed by atoms with Gasteiger partial charge < -0.3 is 14.6 Å². The second kappa shape index (κ2) is 5.38. The third-order valence-corrected chi connectivity index (χ3v) is 4.13. The van der Waals surface area contributed by atoms with Crippen molar-refractivity contribution in [1.82, 2.24) is 4.90 Å². The van der Waals surface area contributed by atoms with Crippen LogP contribution in [0.5, 0.6) is 0 Å². The molecule has 1 aromatic carbocycles. The number of halogens is 1. The maximum Gasteiger partial charge on any atom is 0.182 e. The minimum Gasteiger partial charge on any atom is -0.387 e. The van der Waals surface area contributed by atoms with E-state index in [9.17, 15) is 5.11 Å². The Morgan fingerprint density at radius 2 is 2.05 bits per heavy atom. The van der Waals surface area contributed by atoms with E-state index >= 15 is 0 Å². The standard InChI is InChI=1S/C14H18ClNO3/c15-12-4-2-1-3-11(12)13(17)9-16-6-5-14(10-16)18-7-8-19-14/h1-4,13,17H,5-10H2. The molecule has 104 valence electrons. The molecule has 1 spiro atoms. The fraction of sp³-hybridized carbons (Fsp3) is 0.571. The third-order valence-electron chi connectivity index (χ3n) is 3.78. The van der Waals surface area contributed by atoms with Gasteiger partial charge in [-0.2, -0.15) is 0 Å². The molecule has 2 heterocycles. The first-order chi connectivity index (χ1) is 9.19. The normalized spacial score (nSPS) is 24.1. The van der Waals surface area contributed by atoms with E-state index < -0.39 is 11.9 Å². The fourth-order valence-electron chi connectivity index (χ4n) is 2.80. The van der Waals surface area contributed by atoms with Gasteiger partial charge in [0.05, 0.1) is 25.9 Å². The van der Waals surface area contributed by atoms with E-state index in [-0.39, 0.29) is 0 Å². The van der Waals surface area contributed by atoms with Crippen LogP contribution in [0.4, 0.5) is 0 Å². The number of aliphatic hydroxyl groups excluding tert-OH is 1. The Balaban J connectivity index is 1.62. The number of hydrogen-bond acceptors (Lipinski definition) is 4. The Morgan fingerprint density at radius 1 is 1.32 bits per heavy atom. The van der Waals surface area contributed by atoms with E-state index in [0.717, 1.165) is 18.5 Å². The second-order valence-corrected chi connectivity index (χ2v) is 5.54. The first-order valence-corrected chi connectivity index (χ1v) is 6.99. The van der Waals surface area contributed by atoms with Crippen LogP contribution in [-0.2, 0) is 9.47 Å². The summed E-state index contributed by atoms with van der Waals surface area (Å²) in [7, 11) is 0. The quantitative estimate of drug-likeness (QED) is 0.919. The highest BCUT2D eigenvalue weighted by Gasteiger charge is 2.43. The van der Waals surface area contributed by atoms with Crippen molar-refractivity contribution in [1.29, 1.82) is 0 Å². The highest BCUT2D eigenvalue weighted by atomic mass is 35.5. The topological polar surface area (TPSA) is 41.9 Å². The average molecular weight is 284 g/mol. The van der Waals surface area contributed by atoms with Crippen LogP contribution in [0, 0.1) is 0 Å². The summed E-state index contributed by atoms with van der Waals surface area (Å²) < 4.78 is 11.3. The van der Waals surface area contributed by atoms with Gasteiger partial charge in [-0.25, -0.2) is 0 Å². The molecular weight excluding hydrogens is 266 g/mol. The Kier molecular flexibility index (Phi) is 3.78. The summed E-state index contributed by atoms with van der Waals surface area (Å²) in [6, 6.07) is 7.42. The molecule has 2 aliphatic rings. The van der Waals surface area contributed by atoms with Crippen molar-refractivity contribution < 1.29 is 14.6 Å². The number of nitrogens with zero attached hydrogens (tertiary/aromatic N) is 1. The zero-order chi connectivity index (χ0) is 13.3. The average Bonchev–Trinajstić information content (AvgIpc) is 3.01. The number of likely N-dealkylation sites (tertiary alicyclic amines) is 1. The van der Waals surface area contributed by atoms with Gasteiger partial charge in [-0.1, -0.05) is 29.8 Å². The molecule has 1 atom stereocenters. The zero-order valence-electron chi connectivity index (χ0n) is 10.7. The molecule has 2 fully saturated rings. The molecule has 0 aromatic heterocycles. The van der Waals surface area contributed by atoms with Crippen molar-refractivity contribution in [2.45, 2.75) is 18.3 Å². The highest BCUT2D eigenvalue weighted by Crippen LogP contribution is 2.32. The molecule has 4 nitrogen and oxygen atoms in total. The van der Waals surface area contributed by atoms with E-state index in [1.165, 1.54) is 0 Å². The van der Waals surface area contributed by atoms with Gasteiger partial charge >= 0.3 is 0 Å². The number of aliphatic hydroxyl groups is 1. The molecule has 1 N–H and O–H groups in total. The Labute approximate surface area is 117 Å². The van der Waals surface area contributed by atoms with Crippen molar-refractivity contribution in [2.24, 2.45) is 0 Å². The SMILES string of the molecule is OC(CN1CCC2(C1)OCCO2)c1ccccc1Cl. The number of hydrogen-bond donors (Lipinski definition) is 1. The third kappa shape index (κ3) is 2.78. The van der Waals surface area contributed by atoms with Crippen LogP contribution in [-0.4, -0.2) is 48.6 Å². The molecule has 0 radical (unpaired) electrons. The van der Waals surface area contributed by atoms with Gasteiger partial charge in [0.1, 0.15) is 0 Å². The largest absolute Gasteiger partial charge is 0.387 e. The summed E-state index contributed by atoms with van der Waals surface area (Å²) in [5.41, 5.74) is 0.776. The Hall–Kier alpha value is -0.650. The second-order valence-electron chi connectivity index (χ2n) is 5.13. The van der Waals surface area contributed by atoms with Crippen LogP contribution >= 0.6 is 11.6 Å². The summed E-state index contributed by atoms with van der Waals surface area (Å²) in [6.45, 7) is 3.48. The lowest BCUT2D eigenvalue weighted by Crippen LogP contribution is -2.35. The lowest BCUT2D eigenvalue weighted by atomic mass is 10.1. The summed E-state index contributed by atoms with van der Waals surface area (Å²) in [4.78, 5) is 2.17. The van der Waals surface area contributed by atoms with Gasteiger partial charge in [-0.15, -0.1) is 0 Å². The first-order valence-electron chi connectivity index (χ1n) is 6.61. The minimum atomic E-state index is -0.578. The Morgan fingerprint density at radius 3 is 2.79 bits per heavy atom. The summed E-state index contributed by atoms with van der Waals surface area (Å²) >= 11 is 6.10. The van der Waals surface area contributed by atoms with Crippen molar-refractivity contribution in [3.05, 3.63) is 34.9 Å². The molecule has 0 saturated carbocycles. The van der Waals surface area contributed by atoms with E-state index in [4.69, 9.17) is 21.1 Å². The van der Waals surface area contributed by atoms with Gasteiger partial charge in [0.15, 0.2) is 5.79 Å². The summed E-state index contributed by atoms with van der Waals surface area (Å²) in [5.74, 6) is -0.430. The highest BCUT2D eigenvalue weighted by molar-refractivity contribution is 6.31. The zero-order valence-corrected chi connectivity index (χ0v) is 11.5. The fourth-order valence-corrected chi connectivity index (χ4v) is 3.07. The summed E-state index contributed by atoms with van der Waals surface area (Å²) in [5, 5.41) is 10.9. The predicted octanol–water partition coefficient (Wildman–Crippen LogP) is 1.82. The van der Waals surface area contributed by atoms with Crippen LogP contribution in [0.15, 0.2) is 24.3 Å². The maximum atomic E-state index is 10.3. The molecule has 0 bridgehead atoms. The number of benzene rings is 1. The van der Waals surface area contributed by atoms with E-state index in [1.54, 1.807) is 6.07 Å². The molecule has 0 aliphatic carbocycles. The predicted molar refractivity (Wildman–Crippen MR) is 72.1 cm³/mol. The van der Waals surface area contributed by atoms with Crippen LogP contribution in [0.2, 0.25) is 5.02 Å². The minimum absolute atomic E-state index is 0.430. The van der Waals surface area contributed by atoms with Crippen LogP contribution in [0.1, 0.15) is 18.1 Å². The van der Waals surface area contributed by atoms with Crippen molar-refractivity contribution in [2.75, 3.05) is 32.8 Å². The van der Waals surface area contributed by atoms with Crippen molar-refractivity contribution in [3.63, 3.8) is 0 Å². The van der Waals surface area contributed by atoms with E-state index in [2.05, 4.69) is 4.90 Å². The lowest BCUT2D eigenvalue weighted by molar-refractivity contribution is -0.145. The molecular formula is C14H18ClNO3. The van der Waals surface area contributed by atoms with Crippen LogP contribution in [0.25, 0.3) is 0 Å². The van der Waals surface area contributed by atoms with E-state index in [0.29, 0.717) is 31.3 Å². The lowest BCUT2D eigenvalue weighted by Gasteiger charge is -2.24. The van der Waals surface area contributed by atoms with Crippen molar-refractivity contribution >= 4 is 11.6 Å². The Bertz CT molecular complexity index is 448. The summed E-state index contributed by atoms with van der Waals surface area (Å²) in [6.07, 6.45) is 0.285. The number of β-amino-alcohol motifs (C(OH)–C–C–N with tert-alkyl or cyclic N) is 1. The molecule has 1 unspecified atom stereocenters. The van der Waals surface area contributed by atoms with Gasteiger partial charge in [-0.05, 0) is 6.07 Å². The first kappa shape index (κ1) is 13.3. The van der Waals surface area contributed by atoms with Gasteiger partial charge in [0.2, 0.25) is 0 Å². The molecule has 0 amide bonds. The maximum absolute atomic E-state index is 10.3. The van der Waals surface area contributed by atoms with Gasteiger partial charge in [-0.3, -0.25) is 4.90 Å². The van der Waals surface area contributed by atoms with Gasteiger partial charge in [0, 0.05) is 30.1 Å². The molecule has 2 aliphatic heterocycles. The number of ether oxygens (including phenoxy) is 2. The molecule has 2 saturated heterocycles. The van der Waals surface area contributed by atoms with Crippen LogP contribution < -0.4 is 0 Å². The number of rotatable bonds is 3. The molecule has 3 rings (SSSR count). The molecule has 1 aromatic rings. The van der Waals surface area contributed by atoms with Crippen molar-refractivity contribution in [3.8, 4) is 0 Å². The molecule has 19 heavy (non-hydrogen) atoms. The van der Waals surface area contributed by atoms with Crippen LogP contribution in [0.3, 0.4) is 0 Å². The molecule has 5 heteroatoms. The van der Waals surface area contributed by atoms with E-state index in [1.807, 2.05) is 18.2 Å².